The highest BCUT2D eigenvalue weighted by molar-refractivity contribution is 6.09. The van der Waals surface area contributed by atoms with Gasteiger partial charge in [0.2, 0.25) is 0 Å². The number of rotatable bonds is 1. The van der Waals surface area contributed by atoms with Crippen LogP contribution in [0.25, 0.3) is 0 Å². The summed E-state index contributed by atoms with van der Waals surface area (Å²) in [7, 11) is 0. The first kappa shape index (κ1) is 11.9. The molecule has 0 amide bonds. The van der Waals surface area contributed by atoms with Gasteiger partial charge in [-0.05, 0) is 30.3 Å². The van der Waals surface area contributed by atoms with Crippen LogP contribution in [0.1, 0.15) is 40.0 Å². The molecule has 18 heavy (non-hydrogen) atoms. The summed E-state index contributed by atoms with van der Waals surface area (Å²) in [6.07, 6.45) is 3.83. The first-order valence-electron chi connectivity index (χ1n) is 6.75. The molecule has 2 aliphatic heterocycles. The molecule has 2 heterocycles. The van der Waals surface area contributed by atoms with E-state index >= 15 is 0 Å². The molecule has 98 valence electrons. The zero-order chi connectivity index (χ0) is 13.3. The average Bonchev–Trinajstić information content (AvgIpc) is 2.60. The Labute approximate surface area is 108 Å². The van der Waals surface area contributed by atoms with Crippen molar-refractivity contribution in [2.24, 2.45) is 22.7 Å². The Morgan fingerprint density at radius 3 is 2.61 bits per heavy atom. The van der Waals surface area contributed by atoms with Gasteiger partial charge >= 0.3 is 5.97 Å². The standard InChI is InChI=1S/C15H20O3/c1-5-14-8-11(16)15(12(17)18-14)9(2)6-7-13(15,4)10(14)3/h5,9-10H,1,6-8H2,2-4H3/t9-,10+,13+,14-,15?/m1/s1. The maximum Gasteiger partial charge on any atom is 0.321 e. The second-order valence-corrected chi connectivity index (χ2v) is 6.54. The van der Waals surface area contributed by atoms with E-state index in [1.165, 1.54) is 0 Å². The van der Waals surface area contributed by atoms with Gasteiger partial charge in [0.25, 0.3) is 0 Å². The van der Waals surface area contributed by atoms with Crippen LogP contribution >= 0.6 is 0 Å². The van der Waals surface area contributed by atoms with E-state index in [1.54, 1.807) is 6.08 Å². The second kappa shape index (κ2) is 3.06. The van der Waals surface area contributed by atoms with Gasteiger partial charge in [-0.2, -0.15) is 0 Å². The molecule has 4 aliphatic rings. The summed E-state index contributed by atoms with van der Waals surface area (Å²) in [6, 6.07) is 0. The molecule has 2 aliphatic carbocycles. The first-order valence-corrected chi connectivity index (χ1v) is 6.75. The maximum absolute atomic E-state index is 12.6. The molecular weight excluding hydrogens is 228 g/mol. The van der Waals surface area contributed by atoms with Crippen LogP contribution in [0.3, 0.4) is 0 Å². The fraction of sp³-hybridized carbons (Fsp3) is 0.733. The molecule has 0 aromatic rings. The summed E-state index contributed by atoms with van der Waals surface area (Å²) in [4.78, 5) is 25.2. The number of carbonyl (C=O) groups excluding carboxylic acids is 2. The Hall–Kier alpha value is -1.12. The number of ketones is 1. The molecule has 1 unspecified atom stereocenters. The molecule has 2 saturated heterocycles. The fourth-order valence-corrected chi connectivity index (χ4v) is 4.94. The van der Waals surface area contributed by atoms with Crippen LogP contribution in [-0.4, -0.2) is 17.4 Å². The number of carbonyl (C=O) groups is 2. The van der Waals surface area contributed by atoms with Crippen LogP contribution in [0, 0.1) is 22.7 Å². The highest BCUT2D eigenvalue weighted by Gasteiger charge is 2.77. The van der Waals surface area contributed by atoms with Gasteiger partial charge in [0.15, 0.2) is 5.78 Å². The quantitative estimate of drug-likeness (QED) is 0.407. The molecule has 3 heteroatoms. The average molecular weight is 248 g/mol. The zero-order valence-electron chi connectivity index (χ0n) is 11.3. The van der Waals surface area contributed by atoms with E-state index in [9.17, 15) is 9.59 Å². The molecule has 3 nitrogen and oxygen atoms in total. The van der Waals surface area contributed by atoms with Crippen molar-refractivity contribution in [3.63, 3.8) is 0 Å². The van der Waals surface area contributed by atoms with Crippen LogP contribution in [0.2, 0.25) is 0 Å². The van der Waals surface area contributed by atoms with Crippen molar-refractivity contribution >= 4 is 11.8 Å². The molecule has 0 aromatic carbocycles. The number of ether oxygens (including phenoxy) is 1. The van der Waals surface area contributed by atoms with E-state index in [0.29, 0.717) is 6.42 Å². The van der Waals surface area contributed by atoms with E-state index in [1.807, 2.05) is 6.92 Å². The molecule has 5 atom stereocenters. The molecule has 4 fully saturated rings. The van der Waals surface area contributed by atoms with Crippen molar-refractivity contribution in [1.29, 1.82) is 0 Å². The molecule has 0 aromatic heterocycles. The van der Waals surface area contributed by atoms with E-state index in [-0.39, 0.29) is 29.0 Å². The lowest BCUT2D eigenvalue weighted by Crippen LogP contribution is -2.71. The van der Waals surface area contributed by atoms with Crippen molar-refractivity contribution in [2.45, 2.75) is 45.6 Å². The molecular formula is C15H20O3. The van der Waals surface area contributed by atoms with Gasteiger partial charge in [-0.25, -0.2) is 0 Å². The highest BCUT2D eigenvalue weighted by atomic mass is 16.6. The first-order chi connectivity index (χ1) is 8.35. The number of hydrogen-bond acceptors (Lipinski definition) is 3. The van der Waals surface area contributed by atoms with Crippen molar-refractivity contribution in [2.75, 3.05) is 0 Å². The predicted molar refractivity (Wildman–Crippen MR) is 66.7 cm³/mol. The van der Waals surface area contributed by atoms with Crippen molar-refractivity contribution in [3.05, 3.63) is 12.7 Å². The summed E-state index contributed by atoms with van der Waals surface area (Å²) in [6.45, 7) is 10.0. The molecule has 4 rings (SSSR count). The molecule has 2 saturated carbocycles. The van der Waals surface area contributed by atoms with Gasteiger partial charge in [-0.3, -0.25) is 9.59 Å². The third-order valence-corrected chi connectivity index (χ3v) is 6.25. The minimum absolute atomic E-state index is 0.0734. The van der Waals surface area contributed by atoms with E-state index in [4.69, 9.17) is 4.74 Å². The Morgan fingerprint density at radius 2 is 2.06 bits per heavy atom. The topological polar surface area (TPSA) is 43.4 Å². The minimum Gasteiger partial charge on any atom is -0.453 e. The van der Waals surface area contributed by atoms with Gasteiger partial charge < -0.3 is 4.74 Å². The Kier molecular flexibility index (Phi) is 2.03. The van der Waals surface area contributed by atoms with Gasteiger partial charge in [0.05, 0.1) is 6.42 Å². The Morgan fingerprint density at radius 1 is 1.39 bits per heavy atom. The number of hydrogen-bond donors (Lipinski definition) is 0. The largest absolute Gasteiger partial charge is 0.453 e. The summed E-state index contributed by atoms with van der Waals surface area (Å²) in [5.74, 6) is 0.0180. The summed E-state index contributed by atoms with van der Waals surface area (Å²) in [5.41, 5.74) is -1.93. The molecule has 0 N–H and O–H groups in total. The van der Waals surface area contributed by atoms with Gasteiger partial charge in [-0.15, -0.1) is 0 Å². The van der Waals surface area contributed by atoms with E-state index in [0.717, 1.165) is 12.8 Å². The third-order valence-electron chi connectivity index (χ3n) is 6.25. The van der Waals surface area contributed by atoms with Crippen LogP contribution < -0.4 is 0 Å². The lowest BCUT2D eigenvalue weighted by atomic mass is 9.46. The highest BCUT2D eigenvalue weighted by Crippen LogP contribution is 2.70. The van der Waals surface area contributed by atoms with Crippen LogP contribution in [0.4, 0.5) is 0 Å². The maximum atomic E-state index is 12.6. The summed E-state index contributed by atoms with van der Waals surface area (Å²) >= 11 is 0. The zero-order valence-corrected chi connectivity index (χ0v) is 11.3. The van der Waals surface area contributed by atoms with Crippen LogP contribution in [0.5, 0.6) is 0 Å². The van der Waals surface area contributed by atoms with Gasteiger partial charge in [-0.1, -0.05) is 27.4 Å². The number of fused-ring (bicyclic) bond motifs is 2. The monoisotopic (exact) mass is 248 g/mol. The third kappa shape index (κ3) is 0.886. The van der Waals surface area contributed by atoms with Crippen molar-refractivity contribution in [3.8, 4) is 0 Å². The smallest absolute Gasteiger partial charge is 0.321 e. The predicted octanol–water partition coefficient (Wildman–Crippen LogP) is 2.50. The lowest BCUT2D eigenvalue weighted by molar-refractivity contribution is -0.233. The Balaban J connectivity index is 2.28. The van der Waals surface area contributed by atoms with Gasteiger partial charge in [0, 0.05) is 5.92 Å². The normalized spacial score (nSPS) is 54.2. The van der Waals surface area contributed by atoms with Crippen molar-refractivity contribution in [1.82, 2.24) is 0 Å². The molecule has 2 bridgehead atoms. The van der Waals surface area contributed by atoms with Gasteiger partial charge in [0.1, 0.15) is 11.0 Å². The molecule has 1 spiro atoms. The van der Waals surface area contributed by atoms with E-state index in [2.05, 4.69) is 20.4 Å². The minimum atomic E-state index is -0.892. The number of esters is 1. The summed E-state index contributed by atoms with van der Waals surface area (Å²) < 4.78 is 5.67. The molecule has 0 radical (unpaired) electrons. The van der Waals surface area contributed by atoms with Crippen molar-refractivity contribution < 1.29 is 14.3 Å². The van der Waals surface area contributed by atoms with E-state index < -0.39 is 11.0 Å². The fourth-order valence-electron chi connectivity index (χ4n) is 4.94. The van der Waals surface area contributed by atoms with Crippen LogP contribution in [0.15, 0.2) is 12.7 Å². The van der Waals surface area contributed by atoms with Crippen LogP contribution in [-0.2, 0) is 14.3 Å². The summed E-state index contributed by atoms with van der Waals surface area (Å²) in [5, 5.41) is 0. The Bertz CT molecular complexity index is 446. The number of Topliss-reactive ketones (excluding diaryl/α,β-unsaturated/α-hetero) is 1. The lowest BCUT2D eigenvalue weighted by Gasteiger charge is -2.61. The SMILES string of the molecule is C=C[C@]12CC(=O)C3(C(=O)O1)[C@H](C)CC[C@@]3(C)[C@@H]2C. The second-order valence-electron chi connectivity index (χ2n) is 6.54.